The van der Waals surface area contributed by atoms with Crippen LogP contribution >= 0.6 is 0 Å². The lowest BCUT2D eigenvalue weighted by Gasteiger charge is -2.12. The molecule has 1 atom stereocenters. The maximum Gasteiger partial charge on any atom is 0.522 e. The molecule has 0 N–H and O–H groups in total. The van der Waals surface area contributed by atoms with Gasteiger partial charge in [-0.25, -0.2) is 0 Å². The van der Waals surface area contributed by atoms with E-state index >= 15 is 0 Å². The van der Waals surface area contributed by atoms with Gasteiger partial charge in [0.1, 0.15) is 6.61 Å². The van der Waals surface area contributed by atoms with Crippen LogP contribution in [0.2, 0.25) is 0 Å². The maximum absolute atomic E-state index is 11.6. The summed E-state index contributed by atoms with van der Waals surface area (Å²) in [7, 11) is 0. The minimum atomic E-state index is -4.67. The van der Waals surface area contributed by atoms with Crippen molar-refractivity contribution in [3.8, 4) is 0 Å². The topological polar surface area (TPSA) is 35.5 Å². The molecule has 0 aliphatic rings. The van der Waals surface area contributed by atoms with Gasteiger partial charge >= 0.3 is 12.3 Å². The summed E-state index contributed by atoms with van der Waals surface area (Å²) in [5, 5.41) is 0. The monoisotopic (exact) mass is 256 g/mol. The van der Waals surface area contributed by atoms with Crippen LogP contribution in [-0.2, 0) is 14.3 Å². The standard InChI is InChI=1S/C11H19F3O3/c1-3-4-5-6-9(2)10(15)16-7-8-17-11(12,13)14/h9H,3-8H2,1-2H3. The van der Waals surface area contributed by atoms with Crippen molar-refractivity contribution in [2.45, 2.75) is 45.9 Å². The third-order valence-corrected chi connectivity index (χ3v) is 2.24. The lowest BCUT2D eigenvalue weighted by atomic mass is 10.0. The van der Waals surface area contributed by atoms with E-state index in [1.165, 1.54) is 0 Å². The fourth-order valence-electron chi connectivity index (χ4n) is 1.26. The van der Waals surface area contributed by atoms with E-state index in [4.69, 9.17) is 0 Å². The number of hydrogen-bond acceptors (Lipinski definition) is 3. The number of carbonyl (C=O) groups excluding carboxylic acids is 1. The van der Waals surface area contributed by atoms with Gasteiger partial charge in [0.05, 0.1) is 12.5 Å². The van der Waals surface area contributed by atoms with Gasteiger partial charge in [0.15, 0.2) is 0 Å². The van der Waals surface area contributed by atoms with Crippen LogP contribution in [0.4, 0.5) is 13.2 Å². The number of halogens is 3. The Balaban J connectivity index is 3.57. The Morgan fingerprint density at radius 2 is 1.88 bits per heavy atom. The van der Waals surface area contributed by atoms with E-state index in [1.54, 1.807) is 6.92 Å². The first-order chi connectivity index (χ1) is 7.87. The Kier molecular flexibility index (Phi) is 7.95. The van der Waals surface area contributed by atoms with E-state index in [1.807, 2.05) is 0 Å². The average molecular weight is 256 g/mol. The molecule has 0 aromatic rings. The SMILES string of the molecule is CCCCCC(C)C(=O)OCCOC(F)(F)F. The highest BCUT2D eigenvalue weighted by Crippen LogP contribution is 2.16. The van der Waals surface area contributed by atoms with Crippen LogP contribution in [0.3, 0.4) is 0 Å². The minimum absolute atomic E-state index is 0.271. The Hall–Kier alpha value is -0.780. The van der Waals surface area contributed by atoms with Crippen molar-refractivity contribution in [2.75, 3.05) is 13.2 Å². The summed E-state index contributed by atoms with van der Waals surface area (Å²) in [5.41, 5.74) is 0. The molecule has 0 spiro atoms. The molecule has 102 valence electrons. The molecular weight excluding hydrogens is 237 g/mol. The quantitative estimate of drug-likeness (QED) is 0.494. The fraction of sp³-hybridized carbons (Fsp3) is 0.909. The predicted octanol–water partition coefficient (Wildman–Crippen LogP) is 3.28. The molecule has 0 heterocycles. The number of esters is 1. The normalized spacial score (nSPS) is 13.5. The van der Waals surface area contributed by atoms with Crippen molar-refractivity contribution in [2.24, 2.45) is 5.92 Å². The molecule has 3 nitrogen and oxygen atoms in total. The van der Waals surface area contributed by atoms with E-state index < -0.39 is 18.9 Å². The maximum atomic E-state index is 11.6. The van der Waals surface area contributed by atoms with E-state index in [0.29, 0.717) is 6.42 Å². The zero-order chi connectivity index (χ0) is 13.3. The molecule has 1 unspecified atom stereocenters. The molecule has 0 amide bonds. The van der Waals surface area contributed by atoms with E-state index in [0.717, 1.165) is 19.3 Å². The number of rotatable bonds is 8. The van der Waals surface area contributed by atoms with Crippen LogP contribution in [0.25, 0.3) is 0 Å². The number of unbranched alkanes of at least 4 members (excludes halogenated alkanes) is 2. The second-order valence-electron chi connectivity index (χ2n) is 3.86. The highest BCUT2D eigenvalue weighted by atomic mass is 19.4. The fourth-order valence-corrected chi connectivity index (χ4v) is 1.26. The van der Waals surface area contributed by atoms with E-state index in [2.05, 4.69) is 16.4 Å². The van der Waals surface area contributed by atoms with Gasteiger partial charge in [0.2, 0.25) is 0 Å². The minimum Gasteiger partial charge on any atom is -0.463 e. The van der Waals surface area contributed by atoms with Crippen molar-refractivity contribution in [1.29, 1.82) is 0 Å². The Labute approximate surface area is 99.3 Å². The van der Waals surface area contributed by atoms with E-state index in [-0.39, 0.29) is 12.5 Å². The summed E-state index contributed by atoms with van der Waals surface area (Å²) in [6.45, 7) is 2.74. The summed E-state index contributed by atoms with van der Waals surface area (Å²) in [6.07, 6.45) is -0.951. The largest absolute Gasteiger partial charge is 0.522 e. The molecule has 17 heavy (non-hydrogen) atoms. The summed E-state index contributed by atoms with van der Waals surface area (Å²) >= 11 is 0. The van der Waals surface area contributed by atoms with Crippen LogP contribution in [-0.4, -0.2) is 25.5 Å². The number of ether oxygens (including phenoxy) is 2. The zero-order valence-electron chi connectivity index (χ0n) is 10.2. The third-order valence-electron chi connectivity index (χ3n) is 2.24. The van der Waals surface area contributed by atoms with Crippen LogP contribution in [0, 0.1) is 5.92 Å². The summed E-state index contributed by atoms with van der Waals surface area (Å²) < 4.78 is 42.9. The lowest BCUT2D eigenvalue weighted by molar-refractivity contribution is -0.326. The van der Waals surface area contributed by atoms with Crippen molar-refractivity contribution in [3.63, 3.8) is 0 Å². The second kappa shape index (κ2) is 8.33. The van der Waals surface area contributed by atoms with Gasteiger partial charge in [0.25, 0.3) is 0 Å². The van der Waals surface area contributed by atoms with Crippen molar-refractivity contribution < 1.29 is 27.4 Å². The highest BCUT2D eigenvalue weighted by Gasteiger charge is 2.28. The van der Waals surface area contributed by atoms with Crippen molar-refractivity contribution in [1.82, 2.24) is 0 Å². The number of carbonyl (C=O) groups is 1. The summed E-state index contributed by atoms with van der Waals surface area (Å²) in [5.74, 6) is -0.737. The molecule has 0 aliphatic carbocycles. The van der Waals surface area contributed by atoms with Gasteiger partial charge < -0.3 is 4.74 Å². The molecule has 0 saturated heterocycles. The number of alkyl halides is 3. The molecule has 0 aromatic carbocycles. The Morgan fingerprint density at radius 1 is 1.24 bits per heavy atom. The average Bonchev–Trinajstić information content (AvgIpc) is 2.23. The molecule has 0 radical (unpaired) electrons. The molecule has 0 aromatic heterocycles. The van der Waals surface area contributed by atoms with E-state index in [9.17, 15) is 18.0 Å². The van der Waals surface area contributed by atoms with Crippen molar-refractivity contribution in [3.05, 3.63) is 0 Å². The highest BCUT2D eigenvalue weighted by molar-refractivity contribution is 5.71. The van der Waals surface area contributed by atoms with Crippen LogP contribution in [0.1, 0.15) is 39.5 Å². The molecule has 0 rings (SSSR count). The molecule has 6 heteroatoms. The molecule has 0 aliphatic heterocycles. The molecular formula is C11H19F3O3. The first-order valence-electron chi connectivity index (χ1n) is 5.74. The van der Waals surface area contributed by atoms with Gasteiger partial charge in [0, 0.05) is 0 Å². The van der Waals surface area contributed by atoms with Gasteiger partial charge in [-0.3, -0.25) is 9.53 Å². The summed E-state index contributed by atoms with van der Waals surface area (Å²) in [4.78, 5) is 11.3. The number of hydrogen-bond donors (Lipinski definition) is 0. The first-order valence-corrected chi connectivity index (χ1v) is 5.74. The van der Waals surface area contributed by atoms with Crippen LogP contribution in [0.15, 0.2) is 0 Å². The molecule has 0 bridgehead atoms. The Bertz CT molecular complexity index is 216. The van der Waals surface area contributed by atoms with Gasteiger partial charge in [-0.1, -0.05) is 33.1 Å². The third kappa shape index (κ3) is 10.1. The molecule has 0 fully saturated rings. The van der Waals surface area contributed by atoms with Crippen LogP contribution in [0.5, 0.6) is 0 Å². The first kappa shape index (κ1) is 16.2. The lowest BCUT2D eigenvalue weighted by Crippen LogP contribution is -2.21. The second-order valence-corrected chi connectivity index (χ2v) is 3.86. The van der Waals surface area contributed by atoms with Gasteiger partial charge in [-0.05, 0) is 6.42 Å². The van der Waals surface area contributed by atoms with Crippen LogP contribution < -0.4 is 0 Å². The summed E-state index contributed by atoms with van der Waals surface area (Å²) in [6, 6.07) is 0. The van der Waals surface area contributed by atoms with Crippen molar-refractivity contribution >= 4 is 5.97 Å². The smallest absolute Gasteiger partial charge is 0.463 e. The van der Waals surface area contributed by atoms with Gasteiger partial charge in [-0.15, -0.1) is 13.2 Å². The zero-order valence-corrected chi connectivity index (χ0v) is 10.2. The predicted molar refractivity (Wildman–Crippen MR) is 56.3 cm³/mol. The molecule has 0 saturated carbocycles. The Morgan fingerprint density at radius 3 is 2.41 bits per heavy atom. The van der Waals surface area contributed by atoms with Gasteiger partial charge in [-0.2, -0.15) is 0 Å².